The van der Waals surface area contributed by atoms with Crippen LogP contribution in [0.25, 0.3) is 10.2 Å². The minimum atomic E-state index is -3.44. The van der Waals surface area contributed by atoms with Crippen molar-refractivity contribution in [3.05, 3.63) is 48.0 Å². The normalized spacial score (nSPS) is 14.5. The molecule has 1 aliphatic heterocycles. The zero-order valence-electron chi connectivity index (χ0n) is 19.8. The van der Waals surface area contributed by atoms with Crippen LogP contribution in [0.3, 0.4) is 0 Å². The van der Waals surface area contributed by atoms with Crippen molar-refractivity contribution in [2.75, 3.05) is 57.2 Å². The summed E-state index contributed by atoms with van der Waals surface area (Å²) in [6.45, 7) is 6.66. The van der Waals surface area contributed by atoms with Gasteiger partial charge in [0.05, 0.1) is 35.8 Å². The zero-order valence-corrected chi connectivity index (χ0v) is 22.3. The molecule has 2 heterocycles. The lowest BCUT2D eigenvalue weighted by Gasteiger charge is -2.29. The van der Waals surface area contributed by atoms with E-state index < -0.39 is 9.84 Å². The van der Waals surface area contributed by atoms with Crippen molar-refractivity contribution in [3.63, 3.8) is 0 Å². The number of ether oxygens (including phenoxy) is 2. The van der Waals surface area contributed by atoms with Crippen molar-refractivity contribution in [3.8, 4) is 5.75 Å². The van der Waals surface area contributed by atoms with Gasteiger partial charge in [0.2, 0.25) is 5.91 Å². The number of para-hydroxylation sites is 1. The monoisotopic (exact) mass is 539 g/mol. The highest BCUT2D eigenvalue weighted by Crippen LogP contribution is 2.33. The van der Waals surface area contributed by atoms with Crippen molar-refractivity contribution in [1.29, 1.82) is 0 Å². The highest BCUT2D eigenvalue weighted by atomic mass is 35.5. The summed E-state index contributed by atoms with van der Waals surface area (Å²) in [6.07, 6.45) is 1.39. The van der Waals surface area contributed by atoms with Crippen LogP contribution in [0, 0.1) is 0 Å². The maximum Gasteiger partial charge on any atom is 0.233 e. The highest BCUT2D eigenvalue weighted by molar-refractivity contribution is 7.91. The number of carbonyl (C=O) groups excluding carboxylic acids is 1. The molecule has 0 N–H and O–H groups in total. The first-order chi connectivity index (χ1) is 16.3. The SMILES string of the molecule is CCOc1ccc(CC(=O)N(CCN2CCOCC2)c2nc3c(S(C)(=O)=O)cccc3s2)cc1.Cl. The van der Waals surface area contributed by atoms with Gasteiger partial charge in [0.25, 0.3) is 0 Å². The molecule has 0 saturated carbocycles. The van der Waals surface area contributed by atoms with E-state index >= 15 is 0 Å². The Balaban J connectivity index is 0.00000342. The van der Waals surface area contributed by atoms with Crippen LogP contribution < -0.4 is 9.64 Å². The molecular weight excluding hydrogens is 510 g/mol. The zero-order chi connectivity index (χ0) is 24.1. The van der Waals surface area contributed by atoms with E-state index in [0.717, 1.165) is 29.1 Å². The number of fused-ring (bicyclic) bond motifs is 1. The fourth-order valence-corrected chi connectivity index (χ4v) is 5.79. The summed E-state index contributed by atoms with van der Waals surface area (Å²) in [4.78, 5) is 22.2. The standard InChI is InChI=1S/C24H29N3O5S2.ClH/c1-3-32-19-9-7-18(8-10-19)17-22(28)27(12-11-26-13-15-31-16-14-26)24-25-23-20(33-24)5-4-6-21(23)34(2,29)30;/h4-10H,3,11-17H2,1-2H3;1H. The number of aromatic nitrogens is 1. The first-order valence-electron chi connectivity index (χ1n) is 11.3. The van der Waals surface area contributed by atoms with Gasteiger partial charge in [-0.1, -0.05) is 29.5 Å². The number of halogens is 1. The van der Waals surface area contributed by atoms with E-state index in [4.69, 9.17) is 9.47 Å². The molecule has 1 saturated heterocycles. The molecule has 0 spiro atoms. The van der Waals surface area contributed by atoms with Gasteiger partial charge in [0, 0.05) is 32.4 Å². The Bertz CT molecular complexity index is 1240. The quantitative estimate of drug-likeness (QED) is 0.411. The molecule has 1 amide bonds. The second-order valence-electron chi connectivity index (χ2n) is 8.12. The fourth-order valence-electron chi connectivity index (χ4n) is 3.86. The maximum absolute atomic E-state index is 13.5. The molecule has 35 heavy (non-hydrogen) atoms. The molecule has 4 rings (SSSR count). The summed E-state index contributed by atoms with van der Waals surface area (Å²) in [5.41, 5.74) is 1.29. The maximum atomic E-state index is 13.5. The van der Waals surface area contributed by atoms with Crippen molar-refractivity contribution in [2.24, 2.45) is 0 Å². The second kappa shape index (κ2) is 12.1. The van der Waals surface area contributed by atoms with E-state index in [1.54, 1.807) is 17.0 Å². The van der Waals surface area contributed by atoms with Gasteiger partial charge in [-0.15, -0.1) is 12.4 Å². The number of amides is 1. The minimum absolute atomic E-state index is 0. The van der Waals surface area contributed by atoms with Gasteiger partial charge in [0.1, 0.15) is 11.3 Å². The van der Waals surface area contributed by atoms with Gasteiger partial charge in [-0.25, -0.2) is 13.4 Å². The number of hydrogen-bond donors (Lipinski definition) is 0. The van der Waals surface area contributed by atoms with E-state index in [1.807, 2.05) is 37.3 Å². The van der Waals surface area contributed by atoms with Gasteiger partial charge in [-0.2, -0.15) is 0 Å². The number of carbonyl (C=O) groups is 1. The number of rotatable bonds is 9. The number of hydrogen-bond acceptors (Lipinski definition) is 8. The lowest BCUT2D eigenvalue weighted by molar-refractivity contribution is -0.118. The first-order valence-corrected chi connectivity index (χ1v) is 14.0. The van der Waals surface area contributed by atoms with Gasteiger partial charge < -0.3 is 9.47 Å². The summed E-state index contributed by atoms with van der Waals surface area (Å²) in [5, 5.41) is 0.510. The van der Waals surface area contributed by atoms with Crippen LogP contribution in [0.5, 0.6) is 5.75 Å². The third-order valence-electron chi connectivity index (χ3n) is 5.64. The van der Waals surface area contributed by atoms with E-state index in [0.29, 0.717) is 43.6 Å². The molecule has 0 radical (unpaired) electrons. The molecule has 0 aliphatic carbocycles. The molecule has 0 atom stereocenters. The molecule has 11 heteroatoms. The Kier molecular flexibility index (Phi) is 9.48. The Morgan fingerprint density at radius 1 is 1.17 bits per heavy atom. The summed E-state index contributed by atoms with van der Waals surface area (Å²) in [7, 11) is -3.44. The van der Waals surface area contributed by atoms with Crippen LogP contribution in [0.15, 0.2) is 47.4 Å². The van der Waals surface area contributed by atoms with Crippen molar-refractivity contribution >= 4 is 54.8 Å². The van der Waals surface area contributed by atoms with E-state index in [-0.39, 0.29) is 29.6 Å². The summed E-state index contributed by atoms with van der Waals surface area (Å²) in [5.74, 6) is 0.680. The van der Waals surface area contributed by atoms with Gasteiger partial charge >= 0.3 is 0 Å². The Labute approximate surface area is 216 Å². The molecule has 190 valence electrons. The van der Waals surface area contributed by atoms with Crippen LogP contribution in [0.1, 0.15) is 12.5 Å². The van der Waals surface area contributed by atoms with Crippen LogP contribution in [0.2, 0.25) is 0 Å². The number of anilines is 1. The molecular formula is C24H30ClN3O5S2. The van der Waals surface area contributed by atoms with Crippen molar-refractivity contribution in [1.82, 2.24) is 9.88 Å². The number of morpholine rings is 1. The lowest BCUT2D eigenvalue weighted by atomic mass is 10.1. The molecule has 0 unspecified atom stereocenters. The van der Waals surface area contributed by atoms with Crippen LogP contribution in [0.4, 0.5) is 5.13 Å². The van der Waals surface area contributed by atoms with Crippen LogP contribution >= 0.6 is 23.7 Å². The number of sulfone groups is 1. The van der Waals surface area contributed by atoms with E-state index in [2.05, 4.69) is 9.88 Å². The molecule has 1 aliphatic rings. The average molecular weight is 540 g/mol. The first kappa shape index (κ1) is 27.3. The van der Waals surface area contributed by atoms with Gasteiger partial charge in [0.15, 0.2) is 15.0 Å². The molecule has 1 aromatic heterocycles. The number of thiazole rings is 1. The van der Waals surface area contributed by atoms with Crippen molar-refractivity contribution in [2.45, 2.75) is 18.2 Å². The molecule has 1 fully saturated rings. The number of nitrogens with zero attached hydrogens (tertiary/aromatic N) is 3. The predicted octanol–water partition coefficient (Wildman–Crippen LogP) is 3.43. The lowest BCUT2D eigenvalue weighted by Crippen LogP contribution is -2.43. The second-order valence-corrected chi connectivity index (χ2v) is 11.1. The minimum Gasteiger partial charge on any atom is -0.494 e. The van der Waals surface area contributed by atoms with E-state index in [1.165, 1.54) is 17.6 Å². The number of benzene rings is 2. The molecule has 0 bridgehead atoms. The molecule has 8 nitrogen and oxygen atoms in total. The van der Waals surface area contributed by atoms with Crippen LogP contribution in [-0.2, 0) is 25.8 Å². The van der Waals surface area contributed by atoms with Crippen molar-refractivity contribution < 1.29 is 22.7 Å². The van der Waals surface area contributed by atoms with Gasteiger partial charge in [-0.05, 0) is 36.8 Å². The summed E-state index contributed by atoms with van der Waals surface area (Å²) >= 11 is 1.34. The topological polar surface area (TPSA) is 89.0 Å². The highest BCUT2D eigenvalue weighted by Gasteiger charge is 2.24. The third kappa shape index (κ3) is 6.92. The smallest absolute Gasteiger partial charge is 0.233 e. The Hall–Kier alpha value is -2.24. The average Bonchev–Trinajstić information content (AvgIpc) is 3.24. The Morgan fingerprint density at radius 2 is 1.89 bits per heavy atom. The predicted molar refractivity (Wildman–Crippen MR) is 141 cm³/mol. The molecule has 2 aromatic carbocycles. The van der Waals surface area contributed by atoms with E-state index in [9.17, 15) is 13.2 Å². The van der Waals surface area contributed by atoms with Crippen LogP contribution in [-0.4, -0.2) is 76.5 Å². The summed E-state index contributed by atoms with van der Waals surface area (Å²) < 4.78 is 36.2. The largest absolute Gasteiger partial charge is 0.494 e. The Morgan fingerprint density at radius 3 is 2.54 bits per heavy atom. The summed E-state index contributed by atoms with van der Waals surface area (Å²) in [6, 6.07) is 12.6. The third-order valence-corrected chi connectivity index (χ3v) is 7.81. The fraction of sp³-hybridized carbons (Fsp3) is 0.417. The molecule has 3 aromatic rings. The van der Waals surface area contributed by atoms with Gasteiger partial charge in [-0.3, -0.25) is 14.6 Å².